The Morgan fingerprint density at radius 3 is 2.82 bits per heavy atom. The van der Waals surface area contributed by atoms with Crippen LogP contribution in [0.3, 0.4) is 0 Å². The molecular weight excluding hydrogens is 462 g/mol. The standard InChI is InChI=1S/C23H20ClN5O5/c1-13-20-17(27-28-22(30)15-7-8-16(24)18(10-15)29(32)33)5-2-6-19(20)34-21(13)23(31)26-12-14-4-3-9-25-11-14/h3-4,7-11H,2,5-6,12H2,1H3,(H,26,31)(H,28,30)/b27-17+. The Hall–Kier alpha value is -4.05. The van der Waals surface area contributed by atoms with Crippen LogP contribution in [0, 0.1) is 17.0 Å². The van der Waals surface area contributed by atoms with Crippen molar-refractivity contribution in [1.29, 1.82) is 0 Å². The van der Waals surface area contributed by atoms with E-state index < -0.39 is 10.8 Å². The molecule has 0 atom stereocenters. The molecule has 0 bridgehead atoms. The van der Waals surface area contributed by atoms with E-state index in [-0.39, 0.29) is 27.9 Å². The third-order valence-corrected chi connectivity index (χ3v) is 5.72. The van der Waals surface area contributed by atoms with E-state index in [1.807, 2.05) is 6.07 Å². The lowest BCUT2D eigenvalue weighted by Gasteiger charge is -2.13. The minimum Gasteiger partial charge on any atom is -0.455 e. The number of nitro groups is 1. The molecule has 0 fully saturated rings. The maximum Gasteiger partial charge on any atom is 0.288 e. The molecule has 11 heteroatoms. The smallest absolute Gasteiger partial charge is 0.288 e. The Kier molecular flexibility index (Phi) is 6.69. The van der Waals surface area contributed by atoms with E-state index in [0.29, 0.717) is 42.0 Å². The van der Waals surface area contributed by atoms with Gasteiger partial charge in [-0.25, -0.2) is 5.43 Å². The monoisotopic (exact) mass is 481 g/mol. The van der Waals surface area contributed by atoms with Crippen molar-refractivity contribution in [2.24, 2.45) is 5.10 Å². The summed E-state index contributed by atoms with van der Waals surface area (Å²) in [5.74, 6) is -0.142. The molecule has 0 radical (unpaired) electrons. The van der Waals surface area contributed by atoms with Gasteiger partial charge in [0.05, 0.1) is 10.6 Å². The highest BCUT2D eigenvalue weighted by Gasteiger charge is 2.28. The van der Waals surface area contributed by atoms with E-state index in [0.717, 1.165) is 18.1 Å². The molecule has 4 rings (SSSR count). The zero-order valence-electron chi connectivity index (χ0n) is 18.1. The van der Waals surface area contributed by atoms with Crippen LogP contribution in [-0.4, -0.2) is 27.4 Å². The van der Waals surface area contributed by atoms with Gasteiger partial charge in [-0.05, 0) is 43.5 Å². The summed E-state index contributed by atoms with van der Waals surface area (Å²) < 4.78 is 5.85. The number of carbonyl (C=O) groups is 2. The summed E-state index contributed by atoms with van der Waals surface area (Å²) in [6.45, 7) is 2.08. The highest BCUT2D eigenvalue weighted by Crippen LogP contribution is 2.30. The lowest BCUT2D eigenvalue weighted by molar-refractivity contribution is -0.384. The van der Waals surface area contributed by atoms with Gasteiger partial charge in [0.15, 0.2) is 5.76 Å². The molecular formula is C23H20ClN5O5. The fourth-order valence-electron chi connectivity index (χ4n) is 3.74. The number of benzene rings is 1. The van der Waals surface area contributed by atoms with Crippen LogP contribution in [0.4, 0.5) is 5.69 Å². The molecule has 1 aliphatic rings. The van der Waals surface area contributed by atoms with Crippen molar-refractivity contribution in [2.75, 3.05) is 0 Å². The van der Waals surface area contributed by atoms with E-state index in [4.69, 9.17) is 16.0 Å². The number of amides is 2. The van der Waals surface area contributed by atoms with Crippen molar-refractivity contribution >= 4 is 34.8 Å². The summed E-state index contributed by atoms with van der Waals surface area (Å²) in [6.07, 6.45) is 5.28. The van der Waals surface area contributed by atoms with Crippen molar-refractivity contribution in [3.63, 3.8) is 0 Å². The van der Waals surface area contributed by atoms with E-state index in [1.54, 1.807) is 25.4 Å². The lowest BCUT2D eigenvalue weighted by Crippen LogP contribution is -2.23. The topological polar surface area (TPSA) is 140 Å². The number of pyridine rings is 1. The van der Waals surface area contributed by atoms with Gasteiger partial charge < -0.3 is 9.73 Å². The fourth-order valence-corrected chi connectivity index (χ4v) is 3.93. The Morgan fingerprint density at radius 1 is 1.26 bits per heavy atom. The maximum atomic E-state index is 12.7. The predicted molar refractivity (Wildman–Crippen MR) is 124 cm³/mol. The quantitative estimate of drug-likeness (QED) is 0.403. The number of hydrazone groups is 1. The molecule has 2 amide bonds. The second-order valence-corrected chi connectivity index (χ2v) is 8.08. The molecule has 0 saturated heterocycles. The fraction of sp³-hybridized carbons (Fsp3) is 0.217. The molecule has 2 aromatic heterocycles. The van der Waals surface area contributed by atoms with Gasteiger partial charge in [0, 0.05) is 48.1 Å². The summed E-state index contributed by atoms with van der Waals surface area (Å²) in [5, 5.41) is 18.1. The van der Waals surface area contributed by atoms with Gasteiger partial charge in [-0.15, -0.1) is 0 Å². The van der Waals surface area contributed by atoms with E-state index in [9.17, 15) is 19.7 Å². The number of nitrogens with zero attached hydrogens (tertiary/aromatic N) is 3. The molecule has 2 N–H and O–H groups in total. The molecule has 0 unspecified atom stereocenters. The van der Waals surface area contributed by atoms with Crippen molar-refractivity contribution < 1.29 is 18.9 Å². The van der Waals surface area contributed by atoms with E-state index in [1.165, 1.54) is 12.1 Å². The molecule has 1 aromatic carbocycles. The maximum absolute atomic E-state index is 12.7. The number of nitro benzene ring substituents is 1. The summed E-state index contributed by atoms with van der Waals surface area (Å²) >= 11 is 5.81. The first-order valence-electron chi connectivity index (χ1n) is 10.5. The summed E-state index contributed by atoms with van der Waals surface area (Å²) in [5.41, 5.74) is 4.89. The normalized spacial score (nSPS) is 13.9. The van der Waals surface area contributed by atoms with Gasteiger partial charge in [0.2, 0.25) is 0 Å². The molecule has 34 heavy (non-hydrogen) atoms. The van der Waals surface area contributed by atoms with Crippen LogP contribution in [0.25, 0.3) is 0 Å². The predicted octanol–water partition coefficient (Wildman–Crippen LogP) is 3.95. The number of hydrogen-bond acceptors (Lipinski definition) is 7. The number of rotatable bonds is 6. The molecule has 1 aliphatic carbocycles. The summed E-state index contributed by atoms with van der Waals surface area (Å²) in [7, 11) is 0. The third kappa shape index (κ3) is 4.81. The molecule has 174 valence electrons. The minimum atomic E-state index is -0.659. The van der Waals surface area contributed by atoms with Gasteiger partial charge in [-0.2, -0.15) is 5.10 Å². The third-order valence-electron chi connectivity index (χ3n) is 5.41. The second kappa shape index (κ2) is 9.84. The van der Waals surface area contributed by atoms with Crippen LogP contribution in [0.2, 0.25) is 5.02 Å². The second-order valence-electron chi connectivity index (χ2n) is 7.67. The number of fused-ring (bicyclic) bond motifs is 1. The first-order chi connectivity index (χ1) is 16.3. The van der Waals surface area contributed by atoms with Crippen molar-refractivity contribution in [2.45, 2.75) is 32.7 Å². The van der Waals surface area contributed by atoms with Crippen LogP contribution in [0.5, 0.6) is 0 Å². The summed E-state index contributed by atoms with van der Waals surface area (Å²) in [4.78, 5) is 39.7. The highest BCUT2D eigenvalue weighted by molar-refractivity contribution is 6.32. The van der Waals surface area contributed by atoms with Crippen molar-refractivity contribution in [3.8, 4) is 0 Å². The molecule has 0 saturated carbocycles. The zero-order valence-corrected chi connectivity index (χ0v) is 18.9. The first kappa shape index (κ1) is 23.1. The van der Waals surface area contributed by atoms with Gasteiger partial charge in [0.1, 0.15) is 10.8 Å². The van der Waals surface area contributed by atoms with Gasteiger partial charge in [-0.3, -0.25) is 24.7 Å². The highest BCUT2D eigenvalue weighted by atomic mass is 35.5. The number of carbonyl (C=O) groups excluding carboxylic acids is 2. The molecule has 0 aliphatic heterocycles. The Bertz CT molecular complexity index is 1300. The average Bonchev–Trinajstić information content (AvgIpc) is 3.19. The Labute approximate surface area is 199 Å². The minimum absolute atomic E-state index is 0.0517. The largest absolute Gasteiger partial charge is 0.455 e. The average molecular weight is 482 g/mol. The number of nitrogens with one attached hydrogen (secondary N) is 2. The molecule has 3 aromatic rings. The molecule has 0 spiro atoms. The van der Waals surface area contributed by atoms with Crippen LogP contribution in [0.1, 0.15) is 56.2 Å². The van der Waals surface area contributed by atoms with Gasteiger partial charge >= 0.3 is 0 Å². The van der Waals surface area contributed by atoms with Crippen LogP contribution < -0.4 is 10.7 Å². The number of hydrogen-bond donors (Lipinski definition) is 2. The number of furan rings is 1. The lowest BCUT2D eigenvalue weighted by atomic mass is 9.93. The molecule has 2 heterocycles. The number of halogens is 1. The van der Waals surface area contributed by atoms with E-state index in [2.05, 4.69) is 20.8 Å². The summed E-state index contributed by atoms with van der Waals surface area (Å²) in [6, 6.07) is 7.41. The number of aryl methyl sites for hydroxylation is 1. The van der Waals surface area contributed by atoms with Crippen molar-refractivity contribution in [1.82, 2.24) is 15.7 Å². The van der Waals surface area contributed by atoms with Crippen LogP contribution >= 0.6 is 11.6 Å². The van der Waals surface area contributed by atoms with Crippen LogP contribution in [0.15, 0.2) is 52.2 Å². The Balaban J connectivity index is 1.52. The van der Waals surface area contributed by atoms with Gasteiger partial charge in [-0.1, -0.05) is 17.7 Å². The number of aromatic nitrogens is 1. The Morgan fingerprint density at radius 2 is 2.09 bits per heavy atom. The van der Waals surface area contributed by atoms with Crippen LogP contribution in [-0.2, 0) is 13.0 Å². The zero-order chi connectivity index (χ0) is 24.2. The van der Waals surface area contributed by atoms with E-state index >= 15 is 0 Å². The van der Waals surface area contributed by atoms with Crippen molar-refractivity contribution in [3.05, 3.63) is 91.6 Å². The SMILES string of the molecule is Cc1c(C(=O)NCc2cccnc2)oc2c1/C(=N/NC(=O)c1ccc(Cl)c([N+](=O)[O-])c1)CCC2. The molecule has 10 nitrogen and oxygen atoms in total. The van der Waals surface area contributed by atoms with Gasteiger partial charge in [0.25, 0.3) is 17.5 Å². The first-order valence-corrected chi connectivity index (χ1v) is 10.8.